The second-order valence-electron chi connectivity index (χ2n) is 8.52. The van der Waals surface area contributed by atoms with E-state index in [2.05, 4.69) is 69.6 Å². The van der Waals surface area contributed by atoms with Gasteiger partial charge in [-0.2, -0.15) is 9.49 Å². The molecule has 0 atom stereocenters. The monoisotopic (exact) mass is 725 g/mol. The molecule has 0 aromatic carbocycles. The third-order valence-corrected chi connectivity index (χ3v) is 11.2. The van der Waals surface area contributed by atoms with E-state index >= 15 is 0 Å². The zero-order chi connectivity index (χ0) is 24.6. The van der Waals surface area contributed by atoms with Crippen LogP contribution in [0.25, 0.3) is 43.0 Å². The summed E-state index contributed by atoms with van der Waals surface area (Å²) in [5, 5.41) is 10.8. The lowest BCUT2D eigenvalue weighted by Gasteiger charge is -2.14. The van der Waals surface area contributed by atoms with Crippen molar-refractivity contribution in [2.24, 2.45) is 0 Å². The zero-order valence-corrected chi connectivity index (χ0v) is 24.6. The van der Waals surface area contributed by atoms with Crippen LogP contribution in [0.5, 0.6) is 0 Å². The SMILES string of the molecule is CN(C)CCOC1=CC(C2=IC=c3[nH]nc(-c4cc5c(-c6ccc(F)s6)nccc5[nH]4)c3=C2)=CI=C1. The van der Waals surface area contributed by atoms with Crippen LogP contribution in [0.15, 0.2) is 52.0 Å². The molecule has 4 aromatic heterocycles. The number of pyridine rings is 1. The normalized spacial score (nSPS) is 15.2. The molecule has 6 nitrogen and oxygen atoms in total. The van der Waals surface area contributed by atoms with E-state index in [9.17, 15) is 4.39 Å². The molecule has 0 unspecified atom stereocenters. The van der Waals surface area contributed by atoms with Crippen LogP contribution < -0.4 is 10.6 Å². The minimum atomic E-state index is -0.282. The van der Waals surface area contributed by atoms with Gasteiger partial charge in [0.05, 0.1) is 21.6 Å². The van der Waals surface area contributed by atoms with Gasteiger partial charge in [-0.15, -0.1) is 11.3 Å². The summed E-state index contributed by atoms with van der Waals surface area (Å²) in [4.78, 5) is 11.0. The van der Waals surface area contributed by atoms with Crippen molar-refractivity contribution in [3.8, 4) is 22.0 Å². The van der Waals surface area contributed by atoms with Crippen LogP contribution in [0.2, 0.25) is 0 Å². The Morgan fingerprint density at radius 3 is 2.89 bits per heavy atom. The summed E-state index contributed by atoms with van der Waals surface area (Å²) in [7, 11) is 4.11. The van der Waals surface area contributed by atoms with E-state index in [0.29, 0.717) is 6.61 Å². The van der Waals surface area contributed by atoms with Crippen LogP contribution in [-0.2, 0) is 4.74 Å². The van der Waals surface area contributed by atoms with E-state index in [0.717, 1.165) is 67.1 Å². The highest BCUT2D eigenvalue weighted by Gasteiger charge is 2.16. The molecule has 6 heterocycles. The molecule has 0 radical (unpaired) electrons. The van der Waals surface area contributed by atoms with Crippen molar-refractivity contribution in [1.82, 2.24) is 25.1 Å². The van der Waals surface area contributed by atoms with Crippen molar-refractivity contribution in [1.29, 1.82) is 0 Å². The molecule has 0 spiro atoms. The number of hydrogen-bond donors (Lipinski definition) is 2. The lowest BCUT2D eigenvalue weighted by atomic mass is 10.1. The molecule has 0 aliphatic carbocycles. The molecular formula is C26H22FI2N5OS. The fraction of sp³-hybridized carbons (Fsp3) is 0.154. The molecule has 6 rings (SSSR count). The van der Waals surface area contributed by atoms with Gasteiger partial charge in [0.15, 0.2) is 5.13 Å². The average Bonchev–Trinajstić information content (AvgIpc) is 3.61. The molecule has 0 bridgehead atoms. The predicted molar refractivity (Wildman–Crippen MR) is 165 cm³/mol. The Morgan fingerprint density at radius 1 is 1.14 bits per heavy atom. The molecule has 184 valence electrons. The number of H-pyrrole nitrogens is 2. The number of allylic oxidation sites excluding steroid dienone is 3. The van der Waals surface area contributed by atoms with Gasteiger partial charge in [-0.05, 0) is 64.3 Å². The van der Waals surface area contributed by atoms with Gasteiger partial charge in [0.25, 0.3) is 0 Å². The lowest BCUT2D eigenvalue weighted by molar-refractivity contribution is 0.200. The number of aromatic nitrogens is 4. The summed E-state index contributed by atoms with van der Waals surface area (Å²) < 4.78 is 28.0. The first-order valence-electron chi connectivity index (χ1n) is 11.2. The topological polar surface area (TPSA) is 69.8 Å². The van der Waals surface area contributed by atoms with E-state index in [1.54, 1.807) is 12.3 Å². The largest absolute Gasteiger partial charge is 0.492 e. The minimum absolute atomic E-state index is 0.167. The number of halogens is 3. The van der Waals surface area contributed by atoms with Crippen molar-refractivity contribution in [2.45, 2.75) is 0 Å². The Kier molecular flexibility index (Phi) is 6.84. The van der Waals surface area contributed by atoms with Crippen LogP contribution in [0.1, 0.15) is 0 Å². The Balaban J connectivity index is 1.34. The third-order valence-electron chi connectivity index (χ3n) is 5.73. The first kappa shape index (κ1) is 24.1. The highest BCUT2D eigenvalue weighted by Crippen LogP contribution is 2.33. The molecule has 0 fully saturated rings. The molecule has 0 saturated heterocycles. The first-order valence-corrected chi connectivity index (χ1v) is 16.8. The number of fused-ring (bicyclic) bond motifs is 2. The summed E-state index contributed by atoms with van der Waals surface area (Å²) in [6.45, 7) is 1.59. The quantitative estimate of drug-likeness (QED) is 0.273. The summed E-state index contributed by atoms with van der Waals surface area (Å²) in [6, 6.07) is 7.28. The maximum Gasteiger partial charge on any atom is 0.177 e. The van der Waals surface area contributed by atoms with Gasteiger partial charge >= 0.3 is 0 Å². The van der Waals surface area contributed by atoms with Crippen molar-refractivity contribution in [3.63, 3.8) is 0 Å². The predicted octanol–water partition coefficient (Wildman–Crippen LogP) is 4.63. The van der Waals surface area contributed by atoms with Gasteiger partial charge in [-0.1, -0.05) is 41.5 Å². The number of nitrogens with one attached hydrogen (secondary N) is 2. The number of hydrogen-bond acceptors (Lipinski definition) is 5. The van der Waals surface area contributed by atoms with E-state index in [4.69, 9.17) is 4.74 Å². The van der Waals surface area contributed by atoms with Gasteiger partial charge in [0.1, 0.15) is 18.1 Å². The summed E-state index contributed by atoms with van der Waals surface area (Å²) in [5.74, 6) is 0.992. The standard InChI is InChI=1S/C26H22FI2N5OS/c1-34(2)7-8-35-16-9-15(12-28-13-16)19-10-17-22(14-29-19)32-33-25(17)21-11-18-20(31-21)5-6-30-26(18)23-3-4-24(27)36-23/h3-6,9-14,31H,7-8H2,1-2H3,(H,32,33). The van der Waals surface area contributed by atoms with Gasteiger partial charge in [0.2, 0.25) is 0 Å². The number of rotatable bonds is 7. The Labute approximate surface area is 230 Å². The number of aromatic amines is 2. The van der Waals surface area contributed by atoms with Crippen LogP contribution in [0, 0.1) is 5.13 Å². The Hall–Kier alpha value is -2.29. The van der Waals surface area contributed by atoms with E-state index < -0.39 is 0 Å². The molecule has 4 aromatic rings. The minimum Gasteiger partial charge on any atom is -0.492 e. The molecule has 36 heavy (non-hydrogen) atoms. The van der Waals surface area contributed by atoms with Gasteiger partial charge < -0.3 is 14.6 Å². The smallest absolute Gasteiger partial charge is 0.177 e. The van der Waals surface area contributed by atoms with Crippen LogP contribution >= 0.6 is 52.8 Å². The second-order valence-corrected chi connectivity index (χ2v) is 13.9. The third kappa shape index (κ3) is 4.83. The second kappa shape index (κ2) is 10.2. The van der Waals surface area contributed by atoms with E-state index in [1.807, 2.05) is 6.07 Å². The molecule has 2 N–H and O–H groups in total. The fourth-order valence-electron chi connectivity index (χ4n) is 3.95. The molecular weight excluding hydrogens is 703 g/mol. The van der Waals surface area contributed by atoms with Gasteiger partial charge in [-0.25, -0.2) is 0 Å². The maximum absolute atomic E-state index is 13.7. The van der Waals surface area contributed by atoms with Gasteiger partial charge in [-0.3, -0.25) is 10.1 Å². The van der Waals surface area contributed by atoms with Crippen LogP contribution in [0.4, 0.5) is 4.39 Å². The van der Waals surface area contributed by atoms with Crippen LogP contribution in [-0.4, -0.2) is 59.8 Å². The van der Waals surface area contributed by atoms with Gasteiger partial charge in [0, 0.05) is 36.4 Å². The summed E-state index contributed by atoms with van der Waals surface area (Å²) >= 11 is 0.658. The molecule has 2 aliphatic heterocycles. The number of thiophene rings is 1. The van der Waals surface area contributed by atoms with Crippen molar-refractivity contribution < 1.29 is 9.13 Å². The van der Waals surface area contributed by atoms with E-state index in [-0.39, 0.29) is 46.6 Å². The molecule has 0 amide bonds. The average molecular weight is 725 g/mol. The van der Waals surface area contributed by atoms with E-state index in [1.165, 1.54) is 15.1 Å². The lowest BCUT2D eigenvalue weighted by Crippen LogP contribution is -2.26. The fourth-order valence-corrected chi connectivity index (χ4v) is 9.37. The Bertz CT molecular complexity index is 1720. The van der Waals surface area contributed by atoms with Crippen molar-refractivity contribution in [2.75, 3.05) is 27.2 Å². The van der Waals surface area contributed by atoms with Crippen molar-refractivity contribution in [3.05, 3.63) is 67.7 Å². The number of nitrogens with zero attached hydrogens (tertiary/aromatic N) is 3. The number of likely N-dealkylation sites (N-methyl/N-ethyl adjacent to an activating group) is 1. The van der Waals surface area contributed by atoms with Crippen molar-refractivity contribution >= 4 is 81.4 Å². The number of ether oxygens (including phenoxy) is 1. The highest BCUT2D eigenvalue weighted by molar-refractivity contribution is 14.2. The maximum atomic E-state index is 13.7. The summed E-state index contributed by atoms with van der Waals surface area (Å²) in [6.07, 6.45) is 6.23. The molecule has 2 aliphatic rings. The zero-order valence-electron chi connectivity index (χ0n) is 19.5. The first-order chi connectivity index (χ1) is 17.5. The summed E-state index contributed by atoms with van der Waals surface area (Å²) in [5.41, 5.74) is 4.82. The highest BCUT2D eigenvalue weighted by atomic mass is 127. The van der Waals surface area contributed by atoms with Crippen LogP contribution in [0.3, 0.4) is 0 Å². The Morgan fingerprint density at radius 2 is 2.06 bits per heavy atom. The molecule has 10 heteroatoms. The molecule has 0 saturated carbocycles.